The molecule has 0 saturated carbocycles. The predicted molar refractivity (Wildman–Crippen MR) is 49.8 cm³/mol. The van der Waals surface area contributed by atoms with E-state index in [1.807, 2.05) is 0 Å². The number of aliphatic hydroxyl groups excluding tert-OH is 1. The van der Waals surface area contributed by atoms with Gasteiger partial charge in [0.1, 0.15) is 0 Å². The molecule has 0 fully saturated rings. The summed E-state index contributed by atoms with van der Waals surface area (Å²) in [6.07, 6.45) is 3.38. The van der Waals surface area contributed by atoms with Crippen molar-refractivity contribution in [1.82, 2.24) is 0 Å². The van der Waals surface area contributed by atoms with Gasteiger partial charge in [-0.05, 0) is 6.42 Å². The number of hydrogen-bond donors (Lipinski definition) is 1. The van der Waals surface area contributed by atoms with Crippen LogP contribution in [0.3, 0.4) is 0 Å². The van der Waals surface area contributed by atoms with Crippen LogP contribution in [0.15, 0.2) is 0 Å². The molecule has 0 aliphatic heterocycles. The Kier molecular flexibility index (Phi) is 7.50. The molecule has 0 aliphatic carbocycles. The molecule has 0 aromatic heterocycles. The summed E-state index contributed by atoms with van der Waals surface area (Å²) in [5.41, 5.74) is 0. The molecule has 1 atom stereocenters. The normalized spacial score (nSPS) is 12.6. The second-order valence-corrected chi connectivity index (χ2v) is 3.13. The summed E-state index contributed by atoms with van der Waals surface area (Å²) >= 11 is 2.56. The Morgan fingerprint density at radius 3 is 2.75 bits per heavy atom. The third-order valence-electron chi connectivity index (χ3n) is 1.63. The van der Waals surface area contributed by atoms with Crippen molar-refractivity contribution in [2.45, 2.75) is 45.1 Å². The molecule has 12 heavy (non-hydrogen) atoms. The molecule has 1 N–H and O–H groups in total. The smallest absolute Gasteiger partial charge is 0.319 e. The van der Waals surface area contributed by atoms with Gasteiger partial charge >= 0.3 is 5.97 Å². The fourth-order valence-corrected chi connectivity index (χ4v) is 1.09. The highest BCUT2D eigenvalue weighted by atomic mass is 79.9. The first-order valence-electron chi connectivity index (χ1n) is 4.20. The van der Waals surface area contributed by atoms with Crippen molar-refractivity contribution in [3.63, 3.8) is 0 Å². The minimum Gasteiger partial charge on any atom is -0.393 e. The molecule has 4 heteroatoms. The average molecular weight is 239 g/mol. The number of hydrogen-bond acceptors (Lipinski definition) is 3. The van der Waals surface area contributed by atoms with E-state index in [0.29, 0.717) is 6.42 Å². The van der Waals surface area contributed by atoms with E-state index in [2.05, 4.69) is 27.0 Å². The van der Waals surface area contributed by atoms with E-state index in [4.69, 9.17) is 0 Å². The Morgan fingerprint density at radius 1 is 1.58 bits per heavy atom. The summed E-state index contributed by atoms with van der Waals surface area (Å²) in [5.74, 6) is -0.418. The van der Waals surface area contributed by atoms with Crippen LogP contribution < -0.4 is 0 Å². The van der Waals surface area contributed by atoms with E-state index in [1.165, 1.54) is 0 Å². The lowest BCUT2D eigenvalue weighted by Crippen LogP contribution is -2.12. The molecule has 0 rings (SSSR count). The molecule has 72 valence electrons. The second-order valence-electron chi connectivity index (χ2n) is 2.80. The highest BCUT2D eigenvalue weighted by molar-refractivity contribution is 9.06. The highest BCUT2D eigenvalue weighted by Crippen LogP contribution is 2.07. The quantitative estimate of drug-likeness (QED) is 0.722. The van der Waals surface area contributed by atoms with Crippen molar-refractivity contribution in [3.8, 4) is 0 Å². The van der Waals surface area contributed by atoms with Crippen LogP contribution in [-0.2, 0) is 8.62 Å². The zero-order chi connectivity index (χ0) is 9.40. The SMILES string of the molecule is CCCCCC(O)CC(=O)OBr. The maximum atomic E-state index is 10.6. The topological polar surface area (TPSA) is 46.5 Å². The van der Waals surface area contributed by atoms with Gasteiger partial charge in [0.2, 0.25) is 0 Å². The van der Waals surface area contributed by atoms with Gasteiger partial charge in [0.15, 0.2) is 16.3 Å². The fraction of sp³-hybridized carbons (Fsp3) is 0.875. The summed E-state index contributed by atoms with van der Waals surface area (Å²) in [7, 11) is 0. The van der Waals surface area contributed by atoms with Gasteiger partial charge in [-0.15, -0.1) is 0 Å². The molecular formula is C8H15BrO3. The van der Waals surface area contributed by atoms with Gasteiger partial charge in [0.25, 0.3) is 0 Å². The van der Waals surface area contributed by atoms with Crippen molar-refractivity contribution in [2.24, 2.45) is 0 Å². The number of aliphatic hydroxyl groups is 1. The molecule has 0 saturated heterocycles. The molecule has 0 aromatic carbocycles. The average Bonchev–Trinajstić information content (AvgIpc) is 2.05. The molecule has 0 heterocycles. The molecule has 0 spiro atoms. The van der Waals surface area contributed by atoms with Gasteiger partial charge in [-0.25, -0.2) is 0 Å². The van der Waals surface area contributed by atoms with Crippen molar-refractivity contribution < 1.29 is 13.7 Å². The molecular weight excluding hydrogens is 224 g/mol. The summed E-state index contributed by atoms with van der Waals surface area (Å²) in [6.45, 7) is 2.10. The minimum absolute atomic E-state index is 0.0783. The zero-order valence-corrected chi connectivity index (χ0v) is 8.84. The molecule has 0 radical (unpaired) electrons. The predicted octanol–water partition coefficient (Wildman–Crippen LogP) is 2.17. The van der Waals surface area contributed by atoms with Crippen molar-refractivity contribution in [1.29, 1.82) is 0 Å². The molecule has 3 nitrogen and oxygen atoms in total. The van der Waals surface area contributed by atoms with E-state index in [1.54, 1.807) is 0 Å². The Hall–Kier alpha value is -0.0900. The van der Waals surface area contributed by atoms with Crippen molar-refractivity contribution in [2.75, 3.05) is 0 Å². The first kappa shape index (κ1) is 11.9. The van der Waals surface area contributed by atoms with Gasteiger partial charge in [0, 0.05) is 0 Å². The van der Waals surface area contributed by atoms with Crippen LogP contribution in [0.5, 0.6) is 0 Å². The van der Waals surface area contributed by atoms with Crippen LogP contribution in [-0.4, -0.2) is 17.2 Å². The lowest BCUT2D eigenvalue weighted by Gasteiger charge is -2.06. The lowest BCUT2D eigenvalue weighted by atomic mass is 10.1. The molecule has 0 bridgehead atoms. The Bertz CT molecular complexity index is 127. The van der Waals surface area contributed by atoms with E-state index < -0.39 is 12.1 Å². The maximum absolute atomic E-state index is 10.6. The molecule has 0 amide bonds. The van der Waals surface area contributed by atoms with E-state index in [0.717, 1.165) is 19.3 Å². The number of carbonyl (C=O) groups excluding carboxylic acids is 1. The fourth-order valence-electron chi connectivity index (χ4n) is 0.956. The summed E-state index contributed by atoms with van der Waals surface area (Å²) in [4.78, 5) is 10.6. The number of unbranched alkanes of at least 4 members (excludes halogenated alkanes) is 2. The van der Waals surface area contributed by atoms with Crippen LogP contribution in [0, 0.1) is 0 Å². The first-order chi connectivity index (χ1) is 5.70. The van der Waals surface area contributed by atoms with Gasteiger partial charge in [0.05, 0.1) is 12.5 Å². The Morgan fingerprint density at radius 2 is 2.25 bits per heavy atom. The summed E-state index contributed by atoms with van der Waals surface area (Å²) in [5, 5.41) is 9.26. The van der Waals surface area contributed by atoms with E-state index >= 15 is 0 Å². The van der Waals surface area contributed by atoms with Crippen molar-refractivity contribution in [3.05, 3.63) is 0 Å². The lowest BCUT2D eigenvalue weighted by molar-refractivity contribution is -0.134. The highest BCUT2D eigenvalue weighted by Gasteiger charge is 2.10. The number of rotatable bonds is 6. The van der Waals surface area contributed by atoms with Crippen LogP contribution in [0.1, 0.15) is 39.0 Å². The molecule has 1 unspecified atom stereocenters. The minimum atomic E-state index is -0.554. The standard InChI is InChI=1S/C8H15BrO3/c1-2-3-4-5-7(10)6-8(11)12-9/h7,10H,2-6H2,1H3. The molecule has 0 aromatic rings. The van der Waals surface area contributed by atoms with E-state index in [9.17, 15) is 9.90 Å². The summed E-state index contributed by atoms with van der Waals surface area (Å²) < 4.78 is 4.24. The van der Waals surface area contributed by atoms with Crippen LogP contribution in [0.25, 0.3) is 0 Å². The van der Waals surface area contributed by atoms with Gasteiger partial charge in [-0.3, -0.25) is 4.79 Å². The third kappa shape index (κ3) is 6.61. The van der Waals surface area contributed by atoms with Crippen LogP contribution in [0.4, 0.5) is 0 Å². The third-order valence-corrected chi connectivity index (χ3v) is 1.99. The first-order valence-corrected chi connectivity index (χ1v) is 4.85. The largest absolute Gasteiger partial charge is 0.393 e. The van der Waals surface area contributed by atoms with Crippen LogP contribution >= 0.6 is 16.3 Å². The van der Waals surface area contributed by atoms with Gasteiger partial charge < -0.3 is 8.93 Å². The Balaban J connectivity index is 3.32. The van der Waals surface area contributed by atoms with E-state index in [-0.39, 0.29) is 6.42 Å². The van der Waals surface area contributed by atoms with Crippen LogP contribution in [0.2, 0.25) is 0 Å². The van der Waals surface area contributed by atoms with Gasteiger partial charge in [-0.2, -0.15) is 0 Å². The molecule has 0 aliphatic rings. The number of halogens is 1. The zero-order valence-electron chi connectivity index (χ0n) is 7.25. The monoisotopic (exact) mass is 238 g/mol. The van der Waals surface area contributed by atoms with Gasteiger partial charge in [-0.1, -0.05) is 26.2 Å². The van der Waals surface area contributed by atoms with Crippen molar-refractivity contribution >= 4 is 22.2 Å². The maximum Gasteiger partial charge on any atom is 0.319 e. The second kappa shape index (κ2) is 7.55. The summed E-state index contributed by atoms with van der Waals surface area (Å²) in [6, 6.07) is 0. The number of carbonyl (C=O) groups is 1. The Labute approximate surface area is 81.6 Å².